The largest absolute Gasteiger partial charge is 0.495 e. The van der Waals surface area contributed by atoms with Crippen LogP contribution >= 0.6 is 35.0 Å². The Morgan fingerprint density at radius 3 is 2.55 bits per heavy atom. The zero-order valence-electron chi connectivity index (χ0n) is 16.9. The number of halogens is 2. The van der Waals surface area contributed by atoms with Gasteiger partial charge in [0.25, 0.3) is 11.8 Å². The maximum absolute atomic E-state index is 12.6. The van der Waals surface area contributed by atoms with E-state index < -0.39 is 30.4 Å². The number of hydrogen-bond donors (Lipinski definition) is 2. The lowest BCUT2D eigenvalue weighted by atomic mass is 10.1. The number of nitrogens with one attached hydrogen (secondary N) is 2. The number of benzene rings is 2. The lowest BCUT2D eigenvalue weighted by molar-refractivity contribution is -0.149. The van der Waals surface area contributed by atoms with Crippen molar-refractivity contribution in [2.45, 2.75) is 12.5 Å². The molecule has 0 bridgehead atoms. The van der Waals surface area contributed by atoms with Crippen LogP contribution in [0, 0.1) is 0 Å². The molecule has 2 aromatic rings. The van der Waals surface area contributed by atoms with Gasteiger partial charge in [-0.1, -0.05) is 35.3 Å². The Hall–Kier alpha value is -2.42. The fourth-order valence-corrected chi connectivity index (χ4v) is 3.53. The molecule has 1 atom stereocenters. The van der Waals surface area contributed by atoms with Crippen molar-refractivity contribution in [1.82, 2.24) is 5.32 Å². The zero-order chi connectivity index (χ0) is 22.8. The van der Waals surface area contributed by atoms with Crippen molar-refractivity contribution in [1.29, 1.82) is 0 Å². The van der Waals surface area contributed by atoms with Gasteiger partial charge in [-0.3, -0.25) is 9.59 Å². The molecule has 0 radical (unpaired) electrons. The summed E-state index contributed by atoms with van der Waals surface area (Å²) in [7, 11) is 1.48. The van der Waals surface area contributed by atoms with E-state index in [2.05, 4.69) is 10.6 Å². The molecule has 0 aliphatic heterocycles. The van der Waals surface area contributed by atoms with Gasteiger partial charge in [0, 0.05) is 5.02 Å². The van der Waals surface area contributed by atoms with E-state index in [0.717, 1.165) is 0 Å². The van der Waals surface area contributed by atoms with Crippen molar-refractivity contribution in [2.75, 3.05) is 31.0 Å². The third-order valence-corrected chi connectivity index (χ3v) is 5.29. The van der Waals surface area contributed by atoms with E-state index in [-0.39, 0.29) is 10.6 Å². The maximum atomic E-state index is 12.6. The molecule has 166 valence electrons. The van der Waals surface area contributed by atoms with Crippen molar-refractivity contribution in [3.63, 3.8) is 0 Å². The molecular weight excluding hydrogens is 463 g/mol. The highest BCUT2D eigenvalue weighted by Gasteiger charge is 2.24. The molecule has 0 saturated heterocycles. The summed E-state index contributed by atoms with van der Waals surface area (Å²) >= 11 is 13.4. The second-order valence-corrected chi connectivity index (χ2v) is 8.12. The number of rotatable bonds is 10. The Morgan fingerprint density at radius 2 is 1.87 bits per heavy atom. The summed E-state index contributed by atoms with van der Waals surface area (Å²) in [4.78, 5) is 37.3. The number of esters is 1. The summed E-state index contributed by atoms with van der Waals surface area (Å²) in [5.74, 6) is -0.714. The number of thioether (sulfide) groups is 1. The minimum absolute atomic E-state index is 0.165. The van der Waals surface area contributed by atoms with E-state index in [1.165, 1.54) is 37.1 Å². The van der Waals surface area contributed by atoms with E-state index in [4.69, 9.17) is 32.7 Å². The van der Waals surface area contributed by atoms with Gasteiger partial charge >= 0.3 is 5.97 Å². The average molecular weight is 485 g/mol. The molecule has 0 fully saturated rings. The summed E-state index contributed by atoms with van der Waals surface area (Å²) < 4.78 is 10.3. The molecule has 0 aliphatic carbocycles. The van der Waals surface area contributed by atoms with Crippen LogP contribution < -0.4 is 15.4 Å². The minimum atomic E-state index is -0.939. The van der Waals surface area contributed by atoms with Crippen LogP contribution in [-0.2, 0) is 14.3 Å². The standard InChI is InChI=1S/C21H22Cl2N2O5S/c1-29-18-6-4-3-5-16(18)24-19(26)12-30-21(28)17(9-10-31-2)25-20(27)14-8-7-13(22)11-15(14)23/h3-8,11,17H,9-10,12H2,1-2H3,(H,24,26)(H,25,27). The molecule has 31 heavy (non-hydrogen) atoms. The minimum Gasteiger partial charge on any atom is -0.495 e. The van der Waals surface area contributed by atoms with Gasteiger partial charge in [-0.2, -0.15) is 11.8 Å². The van der Waals surface area contributed by atoms with E-state index in [1.807, 2.05) is 6.26 Å². The summed E-state index contributed by atoms with van der Waals surface area (Å²) in [5, 5.41) is 5.78. The van der Waals surface area contributed by atoms with Gasteiger partial charge in [-0.05, 0) is 48.8 Å². The lowest BCUT2D eigenvalue weighted by Gasteiger charge is -2.18. The first-order valence-electron chi connectivity index (χ1n) is 9.20. The summed E-state index contributed by atoms with van der Waals surface area (Å²) in [6, 6.07) is 10.4. The van der Waals surface area contributed by atoms with Crippen molar-refractivity contribution in [3.05, 3.63) is 58.1 Å². The van der Waals surface area contributed by atoms with Crippen LogP contribution in [-0.4, -0.2) is 49.6 Å². The topological polar surface area (TPSA) is 93.7 Å². The predicted molar refractivity (Wildman–Crippen MR) is 123 cm³/mol. The van der Waals surface area contributed by atoms with Crippen molar-refractivity contribution >= 4 is 58.4 Å². The molecule has 0 aliphatic rings. The highest BCUT2D eigenvalue weighted by atomic mass is 35.5. The van der Waals surface area contributed by atoms with E-state index in [9.17, 15) is 14.4 Å². The normalized spacial score (nSPS) is 11.4. The predicted octanol–water partition coefficient (Wildman–Crippen LogP) is 4.04. The van der Waals surface area contributed by atoms with Gasteiger partial charge in [0.2, 0.25) is 0 Å². The number of hydrogen-bond acceptors (Lipinski definition) is 6. The third kappa shape index (κ3) is 7.65. The first-order chi connectivity index (χ1) is 14.8. The molecular formula is C21H22Cl2N2O5S. The van der Waals surface area contributed by atoms with E-state index >= 15 is 0 Å². The maximum Gasteiger partial charge on any atom is 0.329 e. The second-order valence-electron chi connectivity index (χ2n) is 6.29. The number of methoxy groups -OCH3 is 1. The van der Waals surface area contributed by atoms with Crippen LogP contribution in [0.3, 0.4) is 0 Å². The molecule has 2 rings (SSSR count). The third-order valence-electron chi connectivity index (χ3n) is 4.10. The molecule has 1 unspecified atom stereocenters. The smallest absolute Gasteiger partial charge is 0.329 e. The van der Waals surface area contributed by atoms with E-state index in [1.54, 1.807) is 24.3 Å². The molecule has 2 amide bonds. The lowest BCUT2D eigenvalue weighted by Crippen LogP contribution is -2.43. The molecule has 0 heterocycles. The number of para-hydroxylation sites is 2. The van der Waals surface area contributed by atoms with Crippen LogP contribution in [0.1, 0.15) is 16.8 Å². The Bertz CT molecular complexity index is 942. The summed E-state index contributed by atoms with van der Waals surface area (Å²) in [6.07, 6.45) is 2.20. The molecule has 10 heteroatoms. The number of carbonyl (C=O) groups excluding carboxylic acids is 3. The highest BCUT2D eigenvalue weighted by molar-refractivity contribution is 7.98. The Morgan fingerprint density at radius 1 is 1.13 bits per heavy atom. The number of ether oxygens (including phenoxy) is 2. The molecule has 0 saturated carbocycles. The van der Waals surface area contributed by atoms with Gasteiger partial charge in [-0.15, -0.1) is 0 Å². The number of amides is 2. The number of anilines is 1. The van der Waals surface area contributed by atoms with Gasteiger partial charge in [0.05, 0.1) is 23.4 Å². The molecule has 0 aromatic heterocycles. The van der Waals surface area contributed by atoms with E-state index in [0.29, 0.717) is 28.6 Å². The average Bonchev–Trinajstić information content (AvgIpc) is 2.75. The number of carbonyl (C=O) groups is 3. The highest BCUT2D eigenvalue weighted by Crippen LogP contribution is 2.23. The van der Waals surface area contributed by atoms with Gasteiger partial charge < -0.3 is 20.1 Å². The fourth-order valence-electron chi connectivity index (χ4n) is 2.57. The van der Waals surface area contributed by atoms with Crippen molar-refractivity contribution < 1.29 is 23.9 Å². The van der Waals surface area contributed by atoms with Crippen molar-refractivity contribution in [2.24, 2.45) is 0 Å². The molecule has 2 aromatic carbocycles. The molecule has 7 nitrogen and oxygen atoms in total. The van der Waals surface area contributed by atoms with Crippen LogP contribution in [0.25, 0.3) is 0 Å². The Balaban J connectivity index is 1.98. The van der Waals surface area contributed by atoms with Gasteiger partial charge in [0.1, 0.15) is 11.8 Å². The monoisotopic (exact) mass is 484 g/mol. The first-order valence-corrected chi connectivity index (χ1v) is 11.3. The second kappa shape index (κ2) is 12.4. The first kappa shape index (κ1) is 24.8. The van der Waals surface area contributed by atoms with Crippen LogP contribution in [0.2, 0.25) is 10.0 Å². The quantitative estimate of drug-likeness (QED) is 0.494. The molecule has 2 N–H and O–H groups in total. The zero-order valence-corrected chi connectivity index (χ0v) is 19.3. The van der Waals surface area contributed by atoms with Crippen molar-refractivity contribution in [3.8, 4) is 5.75 Å². The molecule has 0 spiro atoms. The van der Waals surface area contributed by atoms with Gasteiger partial charge in [0.15, 0.2) is 6.61 Å². The van der Waals surface area contributed by atoms with Crippen LogP contribution in [0.4, 0.5) is 5.69 Å². The summed E-state index contributed by atoms with van der Waals surface area (Å²) in [5.41, 5.74) is 0.637. The van der Waals surface area contributed by atoms with Crippen LogP contribution in [0.15, 0.2) is 42.5 Å². The van der Waals surface area contributed by atoms with Crippen LogP contribution in [0.5, 0.6) is 5.75 Å². The fraction of sp³-hybridized carbons (Fsp3) is 0.286. The SMILES string of the molecule is COc1ccccc1NC(=O)COC(=O)C(CCSC)NC(=O)c1ccc(Cl)cc1Cl. The Kier molecular flexibility index (Phi) is 9.97. The Labute approximate surface area is 194 Å². The summed E-state index contributed by atoms with van der Waals surface area (Å²) in [6.45, 7) is -0.510. The van der Waals surface area contributed by atoms with Gasteiger partial charge in [-0.25, -0.2) is 4.79 Å².